The van der Waals surface area contributed by atoms with E-state index in [0.29, 0.717) is 5.56 Å². The molecule has 0 radical (unpaired) electrons. The van der Waals surface area contributed by atoms with Gasteiger partial charge in [-0.1, -0.05) is 0 Å². The summed E-state index contributed by atoms with van der Waals surface area (Å²) >= 11 is 0. The van der Waals surface area contributed by atoms with Crippen LogP contribution in [0.1, 0.15) is 25.0 Å². The van der Waals surface area contributed by atoms with Gasteiger partial charge in [-0.3, -0.25) is 0 Å². The first-order valence-corrected chi connectivity index (χ1v) is 6.76. The molecule has 2 aliphatic heterocycles. The van der Waals surface area contributed by atoms with Gasteiger partial charge in [0, 0.05) is 43.5 Å². The van der Waals surface area contributed by atoms with Crippen molar-refractivity contribution < 1.29 is 0 Å². The summed E-state index contributed by atoms with van der Waals surface area (Å²) in [4.78, 5) is 6.68. The minimum Gasteiger partial charge on any atom is -0.369 e. The lowest BCUT2D eigenvalue weighted by molar-refractivity contribution is 0.352. The van der Waals surface area contributed by atoms with Gasteiger partial charge in [0.05, 0.1) is 11.3 Å². The number of nitrogens with one attached hydrogen (secondary N) is 2. The van der Waals surface area contributed by atoms with Gasteiger partial charge in [0.2, 0.25) is 0 Å². The Balaban J connectivity index is 2.04. The SMILES string of the molecule is CC1(C)CN(c2c(C#N)cnc3c2CCN3)CCN1. The van der Waals surface area contributed by atoms with Crippen molar-refractivity contribution >= 4 is 11.5 Å². The van der Waals surface area contributed by atoms with Crippen molar-refractivity contribution in [1.82, 2.24) is 10.3 Å². The molecule has 3 rings (SSSR count). The molecule has 2 N–H and O–H groups in total. The van der Waals surface area contributed by atoms with Crippen LogP contribution in [0.2, 0.25) is 0 Å². The fourth-order valence-electron chi connectivity index (χ4n) is 3.01. The standard InChI is InChI=1S/C14H19N5/c1-14(2)9-19(6-5-18-14)12-10(7-15)8-17-13-11(12)3-4-16-13/h8,18H,3-6,9H2,1-2H3,(H,16,17). The van der Waals surface area contributed by atoms with E-state index in [1.54, 1.807) is 6.20 Å². The average molecular weight is 257 g/mol. The minimum absolute atomic E-state index is 0.0765. The predicted molar refractivity (Wildman–Crippen MR) is 75.4 cm³/mol. The lowest BCUT2D eigenvalue weighted by Gasteiger charge is -2.41. The van der Waals surface area contributed by atoms with E-state index < -0.39 is 0 Å². The molecule has 100 valence electrons. The number of pyridine rings is 1. The summed E-state index contributed by atoms with van der Waals surface area (Å²) in [6, 6.07) is 2.30. The van der Waals surface area contributed by atoms with E-state index >= 15 is 0 Å². The van der Waals surface area contributed by atoms with Gasteiger partial charge >= 0.3 is 0 Å². The normalized spacial score (nSPS) is 20.6. The number of hydrogen-bond acceptors (Lipinski definition) is 5. The first-order chi connectivity index (χ1) is 9.11. The van der Waals surface area contributed by atoms with Crippen LogP contribution in [0.5, 0.6) is 0 Å². The summed E-state index contributed by atoms with van der Waals surface area (Å²) < 4.78 is 0. The molecule has 1 aromatic heterocycles. The van der Waals surface area contributed by atoms with Gasteiger partial charge in [-0.2, -0.15) is 5.26 Å². The Hall–Kier alpha value is -1.80. The second kappa shape index (κ2) is 4.39. The molecule has 1 fully saturated rings. The fraction of sp³-hybridized carbons (Fsp3) is 0.571. The van der Waals surface area contributed by atoms with Crippen molar-refractivity contribution in [1.29, 1.82) is 5.26 Å². The summed E-state index contributed by atoms with van der Waals surface area (Å²) in [6.07, 6.45) is 2.65. The van der Waals surface area contributed by atoms with E-state index in [0.717, 1.165) is 44.1 Å². The second-order valence-corrected chi connectivity index (χ2v) is 5.87. The number of piperazine rings is 1. The Bertz CT molecular complexity index is 544. The zero-order valence-electron chi connectivity index (χ0n) is 11.5. The number of rotatable bonds is 1. The van der Waals surface area contributed by atoms with Crippen molar-refractivity contribution in [3.63, 3.8) is 0 Å². The van der Waals surface area contributed by atoms with Crippen molar-refractivity contribution in [2.24, 2.45) is 0 Å². The highest BCUT2D eigenvalue weighted by molar-refractivity contribution is 5.72. The largest absolute Gasteiger partial charge is 0.369 e. The van der Waals surface area contributed by atoms with Gasteiger partial charge < -0.3 is 15.5 Å². The maximum atomic E-state index is 9.36. The molecule has 2 aliphatic rings. The smallest absolute Gasteiger partial charge is 0.131 e. The van der Waals surface area contributed by atoms with E-state index in [2.05, 4.69) is 40.4 Å². The monoisotopic (exact) mass is 257 g/mol. The Morgan fingerprint density at radius 2 is 2.26 bits per heavy atom. The van der Waals surface area contributed by atoms with Crippen molar-refractivity contribution in [3.05, 3.63) is 17.3 Å². The third kappa shape index (κ3) is 2.13. The van der Waals surface area contributed by atoms with Gasteiger partial charge in [-0.25, -0.2) is 4.98 Å². The van der Waals surface area contributed by atoms with Crippen LogP contribution in [0, 0.1) is 11.3 Å². The van der Waals surface area contributed by atoms with Crippen LogP contribution >= 0.6 is 0 Å². The number of hydrogen-bond donors (Lipinski definition) is 2. The zero-order chi connectivity index (χ0) is 13.5. The Kier molecular flexibility index (Phi) is 2.83. The minimum atomic E-state index is 0.0765. The molecule has 0 spiro atoms. The lowest BCUT2D eigenvalue weighted by atomic mass is 9.99. The number of nitrogens with zero attached hydrogens (tertiary/aromatic N) is 3. The number of anilines is 2. The molecule has 0 amide bonds. The molecule has 5 heteroatoms. The van der Waals surface area contributed by atoms with Crippen molar-refractivity contribution in [2.75, 3.05) is 36.4 Å². The first kappa shape index (κ1) is 12.2. The number of aromatic nitrogens is 1. The molecule has 1 saturated heterocycles. The molecule has 5 nitrogen and oxygen atoms in total. The molecule has 0 bridgehead atoms. The fourth-order valence-corrected chi connectivity index (χ4v) is 3.01. The highest BCUT2D eigenvalue weighted by Crippen LogP contribution is 2.34. The molecule has 1 aromatic rings. The molecule has 0 aromatic carbocycles. The summed E-state index contributed by atoms with van der Waals surface area (Å²) in [5.41, 5.74) is 3.07. The van der Waals surface area contributed by atoms with Crippen molar-refractivity contribution in [2.45, 2.75) is 25.8 Å². The van der Waals surface area contributed by atoms with Gasteiger partial charge in [0.1, 0.15) is 11.9 Å². The quantitative estimate of drug-likeness (QED) is 0.789. The topological polar surface area (TPSA) is 64.0 Å². The van der Waals surface area contributed by atoms with E-state index in [-0.39, 0.29) is 5.54 Å². The van der Waals surface area contributed by atoms with Gasteiger partial charge in [-0.15, -0.1) is 0 Å². The van der Waals surface area contributed by atoms with Crippen LogP contribution in [-0.4, -0.2) is 36.7 Å². The summed E-state index contributed by atoms with van der Waals surface area (Å²) in [6.45, 7) is 8.12. The maximum absolute atomic E-state index is 9.36. The van der Waals surface area contributed by atoms with Crippen LogP contribution in [0.25, 0.3) is 0 Å². The van der Waals surface area contributed by atoms with E-state index in [4.69, 9.17) is 0 Å². The van der Waals surface area contributed by atoms with Crippen LogP contribution in [-0.2, 0) is 6.42 Å². The Labute approximate surface area is 113 Å². The van der Waals surface area contributed by atoms with Crippen LogP contribution in [0.4, 0.5) is 11.5 Å². The molecule has 0 aliphatic carbocycles. The molecule has 19 heavy (non-hydrogen) atoms. The third-order valence-electron chi connectivity index (χ3n) is 3.83. The summed E-state index contributed by atoms with van der Waals surface area (Å²) in [5.74, 6) is 0.949. The summed E-state index contributed by atoms with van der Waals surface area (Å²) in [7, 11) is 0. The van der Waals surface area contributed by atoms with Gasteiger partial charge in [0.25, 0.3) is 0 Å². The third-order valence-corrected chi connectivity index (χ3v) is 3.83. The first-order valence-electron chi connectivity index (χ1n) is 6.76. The molecule has 3 heterocycles. The highest BCUT2D eigenvalue weighted by atomic mass is 15.2. The van der Waals surface area contributed by atoms with Crippen LogP contribution in [0.15, 0.2) is 6.20 Å². The van der Waals surface area contributed by atoms with Gasteiger partial charge in [0.15, 0.2) is 0 Å². The average Bonchev–Trinajstić information content (AvgIpc) is 2.84. The van der Waals surface area contributed by atoms with E-state index in [1.165, 1.54) is 5.56 Å². The van der Waals surface area contributed by atoms with Crippen LogP contribution < -0.4 is 15.5 Å². The summed E-state index contributed by atoms with van der Waals surface area (Å²) in [5, 5.41) is 16.2. The molecule has 0 atom stereocenters. The molecule has 0 unspecified atom stereocenters. The molecular formula is C14H19N5. The van der Waals surface area contributed by atoms with E-state index in [1.807, 2.05) is 0 Å². The van der Waals surface area contributed by atoms with Crippen molar-refractivity contribution in [3.8, 4) is 6.07 Å². The van der Waals surface area contributed by atoms with Crippen LogP contribution in [0.3, 0.4) is 0 Å². The van der Waals surface area contributed by atoms with E-state index in [9.17, 15) is 5.26 Å². The number of fused-ring (bicyclic) bond motifs is 1. The lowest BCUT2D eigenvalue weighted by Crippen LogP contribution is -2.57. The predicted octanol–water partition coefficient (Wildman–Crippen LogP) is 1.11. The highest BCUT2D eigenvalue weighted by Gasteiger charge is 2.30. The molecule has 0 saturated carbocycles. The Morgan fingerprint density at radius 3 is 3.00 bits per heavy atom. The Morgan fingerprint density at radius 1 is 1.42 bits per heavy atom. The number of nitriles is 1. The zero-order valence-corrected chi connectivity index (χ0v) is 11.5. The maximum Gasteiger partial charge on any atom is 0.131 e. The second-order valence-electron chi connectivity index (χ2n) is 5.87. The molecular weight excluding hydrogens is 238 g/mol. The van der Waals surface area contributed by atoms with Gasteiger partial charge in [-0.05, 0) is 20.3 Å².